The number of carbonyl (C=O) groups excluding carboxylic acids is 2. The first-order chi connectivity index (χ1) is 20.1. The molecule has 1 atom stereocenters. The molecule has 1 unspecified atom stereocenters. The van der Waals surface area contributed by atoms with Crippen LogP contribution in [0, 0.1) is 0 Å². The van der Waals surface area contributed by atoms with Crippen molar-refractivity contribution in [2.24, 2.45) is 0 Å². The lowest BCUT2D eigenvalue weighted by atomic mass is 9.94. The van der Waals surface area contributed by atoms with Crippen LogP contribution in [0.3, 0.4) is 0 Å². The largest absolute Gasteiger partial charge is 0.497 e. The highest BCUT2D eigenvalue weighted by atomic mass is 79.9. The van der Waals surface area contributed by atoms with Crippen LogP contribution in [0.15, 0.2) is 83.3 Å². The summed E-state index contributed by atoms with van der Waals surface area (Å²) in [6.45, 7) is -0.331. The first kappa shape index (κ1) is 31.6. The number of methoxy groups -OCH3 is 1. The van der Waals surface area contributed by atoms with Crippen LogP contribution in [0.5, 0.6) is 5.75 Å². The second-order valence-corrected chi connectivity index (χ2v) is 13.5. The fourth-order valence-corrected chi connectivity index (χ4v) is 6.37. The van der Waals surface area contributed by atoms with Gasteiger partial charge in [-0.25, -0.2) is 8.42 Å². The van der Waals surface area contributed by atoms with E-state index in [1.54, 1.807) is 24.3 Å². The molecule has 0 aromatic heterocycles. The maximum absolute atomic E-state index is 14.2. The van der Waals surface area contributed by atoms with Crippen molar-refractivity contribution >= 4 is 43.5 Å². The van der Waals surface area contributed by atoms with Gasteiger partial charge in [-0.15, -0.1) is 0 Å². The lowest BCUT2D eigenvalue weighted by Crippen LogP contribution is -2.55. The maximum Gasteiger partial charge on any atom is 0.244 e. The number of halogens is 1. The Labute approximate surface area is 257 Å². The number of hydrogen-bond acceptors (Lipinski definition) is 5. The van der Waals surface area contributed by atoms with E-state index in [2.05, 4.69) is 21.2 Å². The highest BCUT2D eigenvalue weighted by molar-refractivity contribution is 9.10. The van der Waals surface area contributed by atoms with Gasteiger partial charge in [0.2, 0.25) is 21.8 Å². The zero-order valence-corrected chi connectivity index (χ0v) is 26.4. The van der Waals surface area contributed by atoms with Crippen molar-refractivity contribution in [1.29, 1.82) is 0 Å². The quantitative estimate of drug-likeness (QED) is 0.285. The first-order valence-electron chi connectivity index (χ1n) is 14.1. The SMILES string of the molecule is COc1cccc(N(CC(=O)N(Cc2ccc(Br)cc2)C(Cc2ccccc2)C(=O)NC2CCCCC2)S(C)(=O)=O)c1. The molecule has 1 aliphatic rings. The van der Waals surface area contributed by atoms with Gasteiger partial charge in [-0.05, 0) is 48.2 Å². The van der Waals surface area contributed by atoms with Crippen molar-refractivity contribution in [2.45, 2.75) is 57.2 Å². The molecule has 2 amide bonds. The predicted molar refractivity (Wildman–Crippen MR) is 169 cm³/mol. The summed E-state index contributed by atoms with van der Waals surface area (Å²) in [6, 6.07) is 22.9. The van der Waals surface area contributed by atoms with Crippen LogP contribution in [0.1, 0.15) is 43.2 Å². The Kier molecular flexibility index (Phi) is 11.0. The van der Waals surface area contributed by atoms with E-state index < -0.39 is 28.5 Å². The Hall–Kier alpha value is -3.37. The lowest BCUT2D eigenvalue weighted by molar-refractivity contribution is -0.140. The maximum atomic E-state index is 14.2. The van der Waals surface area contributed by atoms with Gasteiger partial charge in [-0.3, -0.25) is 13.9 Å². The second kappa shape index (κ2) is 14.7. The minimum atomic E-state index is -3.85. The third-order valence-corrected chi connectivity index (χ3v) is 9.18. The lowest BCUT2D eigenvalue weighted by Gasteiger charge is -2.35. The summed E-state index contributed by atoms with van der Waals surface area (Å²) >= 11 is 3.46. The van der Waals surface area contributed by atoms with Crippen molar-refractivity contribution in [3.63, 3.8) is 0 Å². The Morgan fingerprint density at radius 2 is 1.64 bits per heavy atom. The molecule has 10 heteroatoms. The standard InChI is InChI=1S/C32H38BrN3O5S/c1-41-29-15-9-14-28(21-29)36(42(2,39)40)23-31(37)35(22-25-16-18-26(33)19-17-25)30(20-24-10-5-3-6-11-24)32(38)34-27-12-7-4-8-13-27/h3,5-6,9-11,14-19,21,27,30H,4,7-8,12-13,20,22-23H2,1-2H3,(H,34,38). The van der Waals surface area contributed by atoms with Gasteiger partial charge >= 0.3 is 0 Å². The number of ether oxygens (including phenoxy) is 1. The van der Waals surface area contributed by atoms with E-state index >= 15 is 0 Å². The molecule has 3 aromatic carbocycles. The Balaban J connectivity index is 1.72. The summed E-state index contributed by atoms with van der Waals surface area (Å²) in [5.74, 6) is -0.247. The second-order valence-electron chi connectivity index (χ2n) is 10.7. The molecule has 4 rings (SSSR count). The van der Waals surface area contributed by atoms with Crippen LogP contribution in [0.25, 0.3) is 0 Å². The third-order valence-electron chi connectivity index (χ3n) is 7.51. The molecule has 0 aliphatic heterocycles. The van der Waals surface area contributed by atoms with Crippen molar-refractivity contribution in [3.8, 4) is 5.75 Å². The molecule has 42 heavy (non-hydrogen) atoms. The zero-order valence-electron chi connectivity index (χ0n) is 24.0. The number of nitrogens with one attached hydrogen (secondary N) is 1. The minimum Gasteiger partial charge on any atom is -0.497 e. The van der Waals surface area contributed by atoms with E-state index in [1.165, 1.54) is 12.0 Å². The predicted octanol–water partition coefficient (Wildman–Crippen LogP) is 5.31. The van der Waals surface area contributed by atoms with Gasteiger partial charge < -0.3 is 15.0 Å². The fourth-order valence-electron chi connectivity index (χ4n) is 5.26. The van der Waals surface area contributed by atoms with Crippen LogP contribution in [-0.4, -0.2) is 57.1 Å². The number of carbonyl (C=O) groups is 2. The summed E-state index contributed by atoms with van der Waals surface area (Å²) < 4.78 is 33.2. The molecule has 1 aliphatic carbocycles. The molecular formula is C32H38BrN3O5S. The molecule has 0 bridgehead atoms. The number of amides is 2. The summed E-state index contributed by atoms with van der Waals surface area (Å²) in [5, 5.41) is 3.21. The van der Waals surface area contributed by atoms with Crippen molar-refractivity contribution in [2.75, 3.05) is 24.2 Å². The summed E-state index contributed by atoms with van der Waals surface area (Å²) in [6.07, 6.45) is 6.43. The van der Waals surface area contributed by atoms with Crippen molar-refractivity contribution in [3.05, 3.63) is 94.5 Å². The molecule has 0 saturated heterocycles. The van der Waals surface area contributed by atoms with E-state index in [-0.39, 0.29) is 18.5 Å². The van der Waals surface area contributed by atoms with E-state index in [4.69, 9.17) is 4.74 Å². The normalized spacial score (nSPS) is 14.5. The molecule has 0 spiro atoms. The number of benzene rings is 3. The highest BCUT2D eigenvalue weighted by Crippen LogP contribution is 2.25. The third kappa shape index (κ3) is 8.82. The molecule has 0 radical (unpaired) electrons. The van der Waals surface area contributed by atoms with E-state index in [1.807, 2.05) is 54.6 Å². The van der Waals surface area contributed by atoms with Crippen molar-refractivity contribution < 1.29 is 22.7 Å². The molecule has 224 valence electrons. The average molecular weight is 657 g/mol. The molecule has 1 N–H and O–H groups in total. The Bertz CT molecular complexity index is 1440. The molecule has 1 saturated carbocycles. The van der Waals surface area contributed by atoms with Crippen LogP contribution in [0.2, 0.25) is 0 Å². The van der Waals surface area contributed by atoms with Gasteiger partial charge in [0.05, 0.1) is 19.1 Å². The van der Waals surface area contributed by atoms with E-state index in [9.17, 15) is 18.0 Å². The van der Waals surface area contributed by atoms with Crippen LogP contribution in [-0.2, 0) is 32.6 Å². The van der Waals surface area contributed by atoms with Gasteiger partial charge in [-0.2, -0.15) is 0 Å². The Morgan fingerprint density at radius 3 is 2.29 bits per heavy atom. The molecule has 3 aromatic rings. The van der Waals surface area contributed by atoms with Gasteiger partial charge in [0.1, 0.15) is 18.3 Å². The van der Waals surface area contributed by atoms with Crippen LogP contribution >= 0.6 is 15.9 Å². The van der Waals surface area contributed by atoms with E-state index in [0.717, 1.165) is 58.3 Å². The molecular weight excluding hydrogens is 618 g/mol. The minimum absolute atomic E-state index is 0.0541. The van der Waals surface area contributed by atoms with Crippen LogP contribution in [0.4, 0.5) is 5.69 Å². The topological polar surface area (TPSA) is 96.0 Å². The van der Waals surface area contributed by atoms with Gasteiger partial charge in [0, 0.05) is 29.5 Å². The van der Waals surface area contributed by atoms with Gasteiger partial charge in [-0.1, -0.05) is 83.7 Å². The number of sulfonamides is 1. The summed E-state index contributed by atoms with van der Waals surface area (Å²) in [5.41, 5.74) is 2.03. The molecule has 1 fully saturated rings. The van der Waals surface area contributed by atoms with Gasteiger partial charge in [0.25, 0.3) is 0 Å². The molecule has 8 nitrogen and oxygen atoms in total. The number of nitrogens with zero attached hydrogens (tertiary/aromatic N) is 2. The van der Waals surface area contributed by atoms with Gasteiger partial charge in [0.15, 0.2) is 0 Å². The Morgan fingerprint density at radius 1 is 0.952 bits per heavy atom. The zero-order chi connectivity index (χ0) is 30.1. The number of rotatable bonds is 12. The summed E-state index contributed by atoms with van der Waals surface area (Å²) in [4.78, 5) is 29.7. The van der Waals surface area contributed by atoms with Crippen molar-refractivity contribution in [1.82, 2.24) is 10.2 Å². The smallest absolute Gasteiger partial charge is 0.244 e. The first-order valence-corrected chi connectivity index (χ1v) is 16.8. The monoisotopic (exact) mass is 655 g/mol. The van der Waals surface area contributed by atoms with E-state index in [0.29, 0.717) is 17.9 Å². The number of hydrogen-bond donors (Lipinski definition) is 1. The summed E-state index contributed by atoms with van der Waals surface area (Å²) in [7, 11) is -2.36. The molecule has 0 heterocycles. The highest BCUT2D eigenvalue weighted by Gasteiger charge is 2.34. The fraction of sp³-hybridized carbons (Fsp3) is 0.375. The average Bonchev–Trinajstić information content (AvgIpc) is 2.99. The number of anilines is 1. The van der Waals surface area contributed by atoms with Crippen LogP contribution < -0.4 is 14.4 Å².